The molecule has 0 radical (unpaired) electrons. The summed E-state index contributed by atoms with van der Waals surface area (Å²) in [5.74, 6) is -0.249. The molecule has 3 N–H and O–H groups in total. The first-order valence-corrected chi connectivity index (χ1v) is 8.03. The van der Waals surface area contributed by atoms with E-state index in [1.165, 1.54) is 12.1 Å². The van der Waals surface area contributed by atoms with Gasteiger partial charge in [-0.15, -0.1) is 0 Å². The van der Waals surface area contributed by atoms with Crippen molar-refractivity contribution in [2.75, 3.05) is 0 Å². The van der Waals surface area contributed by atoms with Crippen molar-refractivity contribution in [1.29, 1.82) is 5.41 Å². The Bertz CT molecular complexity index is 710. The summed E-state index contributed by atoms with van der Waals surface area (Å²) in [4.78, 5) is 18.6. The number of hydrogen-bond donors (Lipinski definition) is 3. The molecule has 6 nitrogen and oxygen atoms in total. The Morgan fingerprint density at radius 1 is 1.21 bits per heavy atom. The molecule has 2 rings (SSSR count). The lowest BCUT2D eigenvalue weighted by molar-refractivity contribution is -0.102. The molecule has 6 heteroatoms. The van der Waals surface area contributed by atoms with Crippen molar-refractivity contribution in [3.63, 3.8) is 0 Å². The van der Waals surface area contributed by atoms with Gasteiger partial charge in [-0.2, -0.15) is 0 Å². The van der Waals surface area contributed by atoms with E-state index in [2.05, 4.69) is 23.8 Å². The standard InChI is InChI=1S/C18H23N3O3/c1-3-18(2)10-12(19)4-5-13(11-18)21-15-9-16(23)14(8-17(15)24)20-6-7-22/h6-9,19,23-24H,3-5,10-11H2,1-2H3. The summed E-state index contributed by atoms with van der Waals surface area (Å²) < 4.78 is 0. The Morgan fingerprint density at radius 3 is 2.54 bits per heavy atom. The van der Waals surface area contributed by atoms with Crippen LogP contribution in [0.15, 0.2) is 22.1 Å². The summed E-state index contributed by atoms with van der Waals surface area (Å²) >= 11 is 0. The highest BCUT2D eigenvalue weighted by atomic mass is 16.3. The smallest absolute Gasteiger partial charge is 0.161 e. The number of nitrogens with zero attached hydrogens (tertiary/aromatic N) is 2. The Morgan fingerprint density at radius 2 is 1.88 bits per heavy atom. The van der Waals surface area contributed by atoms with Gasteiger partial charge in [-0.05, 0) is 37.5 Å². The highest BCUT2D eigenvalue weighted by Crippen LogP contribution is 2.40. The summed E-state index contributed by atoms with van der Waals surface area (Å²) in [6, 6.07) is 2.63. The molecule has 24 heavy (non-hydrogen) atoms. The van der Waals surface area contributed by atoms with Crippen LogP contribution in [0, 0.1) is 10.8 Å². The molecule has 1 aromatic rings. The zero-order chi connectivity index (χ0) is 17.7. The van der Waals surface area contributed by atoms with E-state index < -0.39 is 0 Å². The maximum atomic E-state index is 10.3. The Hall–Kier alpha value is -2.50. The van der Waals surface area contributed by atoms with Crippen LogP contribution in [-0.4, -0.2) is 34.1 Å². The number of aromatic hydroxyl groups is 2. The number of carbonyl (C=O) groups is 1. The lowest BCUT2D eigenvalue weighted by atomic mass is 9.79. The number of carbonyl (C=O) groups excluding carboxylic acids is 1. The van der Waals surface area contributed by atoms with E-state index in [1.807, 2.05) is 0 Å². The number of phenolic OH excluding ortho intramolecular Hbond substituents is 2. The minimum Gasteiger partial charge on any atom is -0.506 e. The summed E-state index contributed by atoms with van der Waals surface area (Å²) in [7, 11) is 0. The van der Waals surface area contributed by atoms with Crippen molar-refractivity contribution in [3.05, 3.63) is 12.1 Å². The van der Waals surface area contributed by atoms with Gasteiger partial charge < -0.3 is 15.6 Å². The second-order valence-corrected chi connectivity index (χ2v) is 6.54. The van der Waals surface area contributed by atoms with E-state index in [4.69, 9.17) is 5.41 Å². The first-order valence-electron chi connectivity index (χ1n) is 8.03. The Balaban J connectivity index is 2.35. The van der Waals surface area contributed by atoms with Crippen molar-refractivity contribution in [1.82, 2.24) is 0 Å². The van der Waals surface area contributed by atoms with Crippen molar-refractivity contribution in [3.8, 4) is 11.5 Å². The summed E-state index contributed by atoms with van der Waals surface area (Å²) in [6.45, 7) is 4.26. The zero-order valence-corrected chi connectivity index (χ0v) is 14.0. The van der Waals surface area contributed by atoms with Gasteiger partial charge in [-0.25, -0.2) is 4.99 Å². The number of nitrogens with one attached hydrogen (secondary N) is 1. The van der Waals surface area contributed by atoms with Crippen LogP contribution in [0.5, 0.6) is 11.5 Å². The Kier molecular flexibility index (Phi) is 5.49. The molecule has 1 aromatic carbocycles. The molecule has 1 aliphatic carbocycles. The van der Waals surface area contributed by atoms with Crippen molar-refractivity contribution in [2.45, 2.75) is 46.0 Å². The van der Waals surface area contributed by atoms with Crippen LogP contribution in [0.1, 0.15) is 46.0 Å². The molecule has 0 amide bonds. The second kappa shape index (κ2) is 7.38. The third-order valence-electron chi connectivity index (χ3n) is 4.46. The van der Waals surface area contributed by atoms with E-state index in [1.54, 1.807) is 0 Å². The highest BCUT2D eigenvalue weighted by Gasteiger charge is 2.29. The summed E-state index contributed by atoms with van der Waals surface area (Å²) in [6.07, 6.45) is 5.32. The van der Waals surface area contributed by atoms with Crippen LogP contribution in [0.3, 0.4) is 0 Å². The van der Waals surface area contributed by atoms with Crippen LogP contribution in [0.25, 0.3) is 0 Å². The summed E-state index contributed by atoms with van der Waals surface area (Å²) in [5.41, 5.74) is 2.04. The molecule has 0 heterocycles. The quantitative estimate of drug-likeness (QED) is 0.335. The fourth-order valence-corrected chi connectivity index (χ4v) is 2.92. The van der Waals surface area contributed by atoms with E-state index in [0.717, 1.165) is 36.9 Å². The molecule has 0 aliphatic heterocycles. The number of rotatable bonds is 4. The van der Waals surface area contributed by atoms with Crippen LogP contribution in [-0.2, 0) is 4.79 Å². The molecule has 1 saturated carbocycles. The predicted molar refractivity (Wildman–Crippen MR) is 95.7 cm³/mol. The van der Waals surface area contributed by atoms with E-state index in [0.29, 0.717) is 19.1 Å². The van der Waals surface area contributed by atoms with Gasteiger partial charge in [0, 0.05) is 23.6 Å². The largest absolute Gasteiger partial charge is 0.506 e. The minimum absolute atomic E-state index is 0.00171. The van der Waals surface area contributed by atoms with Crippen LogP contribution in [0.4, 0.5) is 11.4 Å². The van der Waals surface area contributed by atoms with Gasteiger partial charge in [-0.3, -0.25) is 9.79 Å². The van der Waals surface area contributed by atoms with Gasteiger partial charge in [0.15, 0.2) is 6.29 Å². The maximum absolute atomic E-state index is 10.3. The molecular formula is C18H23N3O3. The second-order valence-electron chi connectivity index (χ2n) is 6.54. The summed E-state index contributed by atoms with van der Waals surface area (Å²) in [5, 5.41) is 28.1. The highest BCUT2D eigenvalue weighted by molar-refractivity contribution is 6.13. The van der Waals surface area contributed by atoms with Crippen LogP contribution < -0.4 is 0 Å². The van der Waals surface area contributed by atoms with Crippen molar-refractivity contribution < 1.29 is 15.0 Å². The molecule has 0 spiro atoms. The van der Waals surface area contributed by atoms with E-state index in [9.17, 15) is 15.0 Å². The monoisotopic (exact) mass is 329 g/mol. The number of aldehydes is 1. The first kappa shape index (κ1) is 17.8. The molecule has 0 bridgehead atoms. The van der Waals surface area contributed by atoms with Gasteiger partial charge >= 0.3 is 0 Å². The average molecular weight is 329 g/mol. The molecule has 0 saturated heterocycles. The fraction of sp³-hybridized carbons (Fsp3) is 0.444. The average Bonchev–Trinajstić information content (AvgIpc) is 2.68. The normalized spacial score (nSPS) is 23.6. The molecule has 1 aliphatic rings. The van der Waals surface area contributed by atoms with Gasteiger partial charge in [0.05, 0.1) is 6.21 Å². The predicted octanol–water partition coefficient (Wildman–Crippen LogP) is 4.08. The minimum atomic E-state index is -0.148. The number of benzene rings is 1. The van der Waals surface area contributed by atoms with E-state index >= 15 is 0 Å². The van der Waals surface area contributed by atoms with Gasteiger partial charge in [0.2, 0.25) is 0 Å². The van der Waals surface area contributed by atoms with Crippen LogP contribution in [0.2, 0.25) is 0 Å². The van der Waals surface area contributed by atoms with Gasteiger partial charge in [0.1, 0.15) is 22.9 Å². The lowest BCUT2D eigenvalue weighted by Crippen LogP contribution is -2.19. The topological polar surface area (TPSA) is 106 Å². The third-order valence-corrected chi connectivity index (χ3v) is 4.46. The lowest BCUT2D eigenvalue weighted by Gasteiger charge is -2.26. The molecule has 0 aromatic heterocycles. The maximum Gasteiger partial charge on any atom is 0.161 e. The number of phenols is 2. The first-order chi connectivity index (χ1) is 11.4. The fourth-order valence-electron chi connectivity index (χ4n) is 2.92. The molecule has 1 fully saturated rings. The molecule has 128 valence electrons. The van der Waals surface area contributed by atoms with Crippen molar-refractivity contribution >= 4 is 35.3 Å². The third kappa shape index (κ3) is 4.28. The zero-order valence-electron chi connectivity index (χ0n) is 14.0. The molecule has 1 atom stereocenters. The van der Waals surface area contributed by atoms with E-state index in [-0.39, 0.29) is 28.3 Å². The molecular weight excluding hydrogens is 306 g/mol. The molecule has 1 unspecified atom stereocenters. The number of aliphatic imine (C=N–C) groups is 2. The SMILES string of the molecule is CCC1(C)CC(=N)CCC(=Nc2cc(O)c(N=CC=O)cc2O)C1. The van der Waals surface area contributed by atoms with Gasteiger partial charge in [0.25, 0.3) is 0 Å². The Labute approximate surface area is 141 Å². The number of hydrogen-bond acceptors (Lipinski definition) is 6. The van der Waals surface area contributed by atoms with Gasteiger partial charge in [-0.1, -0.05) is 13.8 Å². The van der Waals surface area contributed by atoms with Crippen molar-refractivity contribution in [2.24, 2.45) is 15.4 Å². The van der Waals surface area contributed by atoms with Crippen LogP contribution >= 0.6 is 0 Å².